The molecule has 0 aliphatic heterocycles. The lowest BCUT2D eigenvalue weighted by Crippen LogP contribution is -1.96. The second-order valence-electron chi connectivity index (χ2n) is 4.50. The molecular weight excluding hydrogens is 344 g/mol. The SMILES string of the molecule is O=[N+]([O-])c1cc(Oc2cc([N+](=O)[O-])cc([N+](=O)[O-])c2)cc([N+](=O)[O-])c1. The molecule has 2 aromatic rings. The average molecular weight is 350 g/mol. The van der Waals surface area contributed by atoms with Crippen LogP contribution in [-0.4, -0.2) is 19.7 Å². The van der Waals surface area contributed by atoms with E-state index in [1.54, 1.807) is 0 Å². The number of rotatable bonds is 6. The quantitative estimate of drug-likeness (QED) is 0.558. The first-order chi connectivity index (χ1) is 11.7. The Morgan fingerprint density at radius 2 is 0.760 bits per heavy atom. The summed E-state index contributed by atoms with van der Waals surface area (Å²) in [6, 6.07) is 4.77. The van der Waals surface area contributed by atoms with Crippen LogP contribution in [0.25, 0.3) is 0 Å². The van der Waals surface area contributed by atoms with Crippen molar-refractivity contribution in [2.45, 2.75) is 0 Å². The molecule has 0 aromatic heterocycles. The van der Waals surface area contributed by atoms with Gasteiger partial charge in [-0.3, -0.25) is 40.5 Å². The summed E-state index contributed by atoms with van der Waals surface area (Å²) in [6.07, 6.45) is 0. The zero-order valence-electron chi connectivity index (χ0n) is 11.9. The van der Waals surface area contributed by atoms with Crippen LogP contribution in [0, 0.1) is 40.5 Å². The lowest BCUT2D eigenvalue weighted by molar-refractivity contribution is -0.394. The number of non-ortho nitro benzene ring substituents is 4. The summed E-state index contributed by atoms with van der Waals surface area (Å²) in [5.41, 5.74) is -2.60. The van der Waals surface area contributed by atoms with E-state index in [9.17, 15) is 40.5 Å². The molecule has 0 spiro atoms. The summed E-state index contributed by atoms with van der Waals surface area (Å²) in [4.78, 5) is 39.7. The van der Waals surface area contributed by atoms with Gasteiger partial charge in [0, 0.05) is 0 Å². The van der Waals surface area contributed by atoms with Crippen molar-refractivity contribution in [1.29, 1.82) is 0 Å². The van der Waals surface area contributed by atoms with Gasteiger partial charge >= 0.3 is 0 Å². The normalized spacial score (nSPS) is 10.1. The van der Waals surface area contributed by atoms with Crippen molar-refractivity contribution in [3.8, 4) is 11.5 Å². The lowest BCUT2D eigenvalue weighted by Gasteiger charge is -2.06. The van der Waals surface area contributed by atoms with Gasteiger partial charge < -0.3 is 4.74 Å². The van der Waals surface area contributed by atoms with Crippen LogP contribution in [-0.2, 0) is 0 Å². The number of hydrogen-bond donors (Lipinski definition) is 0. The van der Waals surface area contributed by atoms with Gasteiger partial charge in [-0.05, 0) is 0 Å². The number of ether oxygens (including phenoxy) is 1. The molecule has 13 nitrogen and oxygen atoms in total. The molecule has 128 valence electrons. The Balaban J connectivity index is 2.51. The summed E-state index contributed by atoms with van der Waals surface area (Å²) in [5.74, 6) is -0.758. The zero-order valence-corrected chi connectivity index (χ0v) is 11.9. The molecule has 0 aliphatic carbocycles. The highest BCUT2D eigenvalue weighted by molar-refractivity contribution is 5.54. The third-order valence-corrected chi connectivity index (χ3v) is 2.83. The Bertz CT molecular complexity index is 773. The van der Waals surface area contributed by atoms with Gasteiger partial charge in [-0.25, -0.2) is 0 Å². The lowest BCUT2D eigenvalue weighted by atomic mass is 10.2. The average Bonchev–Trinajstić information content (AvgIpc) is 2.53. The fraction of sp³-hybridized carbons (Fsp3) is 0. The zero-order chi connectivity index (χ0) is 18.7. The molecule has 0 aliphatic rings. The Morgan fingerprint density at radius 3 is 0.960 bits per heavy atom. The van der Waals surface area contributed by atoms with Gasteiger partial charge in [-0.1, -0.05) is 0 Å². The highest BCUT2D eigenvalue weighted by Crippen LogP contribution is 2.34. The monoisotopic (exact) mass is 350 g/mol. The van der Waals surface area contributed by atoms with Crippen LogP contribution in [0.15, 0.2) is 36.4 Å². The molecule has 0 amide bonds. The second kappa shape index (κ2) is 6.53. The van der Waals surface area contributed by atoms with Crippen molar-refractivity contribution in [3.63, 3.8) is 0 Å². The highest BCUT2D eigenvalue weighted by Gasteiger charge is 2.20. The molecule has 0 atom stereocenters. The Labute approximate surface area is 136 Å². The van der Waals surface area contributed by atoms with Crippen molar-refractivity contribution in [2.75, 3.05) is 0 Å². The largest absolute Gasteiger partial charge is 0.456 e. The molecule has 0 heterocycles. The molecule has 0 N–H and O–H groups in total. The number of nitro groups is 4. The van der Waals surface area contributed by atoms with E-state index in [4.69, 9.17) is 4.74 Å². The number of nitrogens with zero attached hydrogens (tertiary/aromatic N) is 4. The highest BCUT2D eigenvalue weighted by atomic mass is 16.6. The second-order valence-corrected chi connectivity index (χ2v) is 4.50. The minimum atomic E-state index is -0.893. The van der Waals surface area contributed by atoms with E-state index in [0.717, 1.165) is 24.3 Å². The minimum absolute atomic E-state index is 0.379. The van der Waals surface area contributed by atoms with Gasteiger partial charge in [0.25, 0.3) is 22.7 Å². The molecule has 13 heteroatoms. The van der Waals surface area contributed by atoms with Crippen molar-refractivity contribution in [2.24, 2.45) is 0 Å². The van der Waals surface area contributed by atoms with Gasteiger partial charge in [0.15, 0.2) is 0 Å². The predicted molar refractivity (Wildman–Crippen MR) is 79.6 cm³/mol. The molecule has 0 saturated heterocycles. The topological polar surface area (TPSA) is 182 Å². The summed E-state index contributed by atoms with van der Waals surface area (Å²) < 4.78 is 5.12. The van der Waals surface area contributed by atoms with E-state index in [1.165, 1.54) is 0 Å². The van der Waals surface area contributed by atoms with Crippen molar-refractivity contribution in [3.05, 3.63) is 76.9 Å². The number of hydrogen-bond acceptors (Lipinski definition) is 9. The first-order valence-electron chi connectivity index (χ1n) is 6.23. The van der Waals surface area contributed by atoms with Crippen LogP contribution in [0.4, 0.5) is 22.7 Å². The summed E-state index contributed by atoms with van der Waals surface area (Å²) in [7, 11) is 0. The van der Waals surface area contributed by atoms with E-state index in [1.807, 2.05) is 0 Å². The smallest absolute Gasteiger partial charge is 0.280 e. The van der Waals surface area contributed by atoms with E-state index < -0.39 is 42.4 Å². The third-order valence-electron chi connectivity index (χ3n) is 2.83. The maximum Gasteiger partial charge on any atom is 0.280 e. The Morgan fingerprint density at radius 1 is 0.520 bits per heavy atom. The molecule has 0 unspecified atom stereocenters. The third kappa shape index (κ3) is 3.98. The molecule has 0 bridgehead atoms. The van der Waals surface area contributed by atoms with E-state index in [-0.39, 0.29) is 11.5 Å². The van der Waals surface area contributed by atoms with Crippen LogP contribution in [0.2, 0.25) is 0 Å². The van der Waals surface area contributed by atoms with Crippen LogP contribution >= 0.6 is 0 Å². The number of benzene rings is 2. The van der Waals surface area contributed by atoms with E-state index in [0.29, 0.717) is 12.1 Å². The van der Waals surface area contributed by atoms with Crippen LogP contribution < -0.4 is 4.74 Å². The van der Waals surface area contributed by atoms with Gasteiger partial charge in [-0.2, -0.15) is 0 Å². The van der Waals surface area contributed by atoms with Crippen molar-refractivity contribution >= 4 is 22.7 Å². The molecule has 0 fully saturated rings. The molecule has 2 rings (SSSR count). The Kier molecular flexibility index (Phi) is 4.49. The van der Waals surface area contributed by atoms with Crippen molar-refractivity contribution < 1.29 is 24.4 Å². The number of nitro benzene ring substituents is 4. The van der Waals surface area contributed by atoms with Crippen LogP contribution in [0.3, 0.4) is 0 Å². The predicted octanol–water partition coefficient (Wildman–Crippen LogP) is 3.11. The summed E-state index contributed by atoms with van der Waals surface area (Å²) in [6.45, 7) is 0. The van der Waals surface area contributed by atoms with Crippen LogP contribution in [0.5, 0.6) is 11.5 Å². The van der Waals surface area contributed by atoms with Gasteiger partial charge in [0.2, 0.25) is 0 Å². The first-order valence-corrected chi connectivity index (χ1v) is 6.23. The molecular formula is C12H6N4O9. The summed E-state index contributed by atoms with van der Waals surface area (Å²) >= 11 is 0. The first kappa shape index (κ1) is 17.2. The molecule has 0 saturated carbocycles. The van der Waals surface area contributed by atoms with Gasteiger partial charge in [0.1, 0.15) is 11.5 Å². The molecule has 0 radical (unpaired) electrons. The van der Waals surface area contributed by atoms with Gasteiger partial charge in [-0.15, -0.1) is 0 Å². The van der Waals surface area contributed by atoms with E-state index in [2.05, 4.69) is 0 Å². The fourth-order valence-electron chi connectivity index (χ4n) is 1.81. The van der Waals surface area contributed by atoms with Gasteiger partial charge in [0.05, 0.1) is 56.1 Å². The standard InChI is InChI=1S/C12H6N4O9/c17-13(18)7-1-8(14(19)20)4-11(3-7)25-12-5-9(15(21)22)2-10(6-12)16(23)24/h1-6H. The summed E-state index contributed by atoms with van der Waals surface area (Å²) in [5, 5.41) is 43.3. The maximum atomic E-state index is 10.8. The molecule has 2 aromatic carbocycles. The maximum absolute atomic E-state index is 10.8. The molecule has 25 heavy (non-hydrogen) atoms. The Hall–Kier alpha value is -4.16. The fourth-order valence-corrected chi connectivity index (χ4v) is 1.81. The van der Waals surface area contributed by atoms with E-state index >= 15 is 0 Å². The van der Waals surface area contributed by atoms with Crippen molar-refractivity contribution in [1.82, 2.24) is 0 Å². The van der Waals surface area contributed by atoms with Crippen LogP contribution in [0.1, 0.15) is 0 Å². The minimum Gasteiger partial charge on any atom is -0.456 e.